The second-order valence-electron chi connectivity index (χ2n) is 8.16. The zero-order valence-corrected chi connectivity index (χ0v) is 18.6. The first kappa shape index (κ1) is 21.4. The number of nitrogens with zero attached hydrogens (tertiary/aromatic N) is 3. The van der Waals surface area contributed by atoms with Crippen molar-refractivity contribution < 1.29 is 19.1 Å². The van der Waals surface area contributed by atoms with Crippen molar-refractivity contribution in [2.24, 2.45) is 5.16 Å². The van der Waals surface area contributed by atoms with Gasteiger partial charge in [-0.3, -0.25) is 10.1 Å². The molecule has 2 heterocycles. The van der Waals surface area contributed by atoms with Crippen molar-refractivity contribution in [1.82, 2.24) is 4.98 Å². The molecule has 2 aromatic carbocycles. The van der Waals surface area contributed by atoms with Crippen LogP contribution in [0.15, 0.2) is 47.8 Å². The first-order valence-corrected chi connectivity index (χ1v) is 11.7. The second-order valence-corrected chi connectivity index (χ2v) is 9.19. The highest BCUT2D eigenvalue weighted by Gasteiger charge is 2.23. The molecule has 5 rings (SSSR count). The molecule has 1 amide bonds. The maximum absolute atomic E-state index is 14.2. The van der Waals surface area contributed by atoms with Crippen LogP contribution in [0.2, 0.25) is 0 Å². The molecular formula is C24H23FN4O3S. The Morgan fingerprint density at radius 1 is 1.27 bits per heavy atom. The first-order valence-electron chi connectivity index (χ1n) is 10.9. The van der Waals surface area contributed by atoms with Crippen molar-refractivity contribution in [3.8, 4) is 16.2 Å². The number of amides is 1. The van der Waals surface area contributed by atoms with Gasteiger partial charge in [-0.2, -0.15) is 0 Å². The number of anilines is 2. The summed E-state index contributed by atoms with van der Waals surface area (Å²) in [5.41, 5.74) is 2.33. The van der Waals surface area contributed by atoms with Gasteiger partial charge in [0.2, 0.25) is 0 Å². The monoisotopic (exact) mass is 466 g/mol. The summed E-state index contributed by atoms with van der Waals surface area (Å²) in [6.07, 6.45) is 7.28. The Morgan fingerprint density at radius 2 is 2.09 bits per heavy atom. The Kier molecular flexibility index (Phi) is 5.95. The van der Waals surface area contributed by atoms with Crippen molar-refractivity contribution in [3.63, 3.8) is 0 Å². The zero-order valence-electron chi connectivity index (χ0n) is 17.8. The van der Waals surface area contributed by atoms with E-state index >= 15 is 0 Å². The fourth-order valence-electron chi connectivity index (χ4n) is 3.66. The van der Waals surface area contributed by atoms with Crippen LogP contribution < -0.4 is 10.2 Å². The minimum absolute atomic E-state index is 0.0472. The average molecular weight is 467 g/mol. The van der Waals surface area contributed by atoms with E-state index in [1.54, 1.807) is 6.20 Å². The number of aromatic hydroxyl groups is 1. The minimum atomic E-state index is -0.908. The van der Waals surface area contributed by atoms with Crippen molar-refractivity contribution in [1.29, 1.82) is 0 Å². The molecule has 0 unspecified atom stereocenters. The fourth-order valence-corrected chi connectivity index (χ4v) is 4.47. The number of halogens is 1. The average Bonchev–Trinajstić information content (AvgIpc) is 3.27. The van der Waals surface area contributed by atoms with Crippen LogP contribution in [0.5, 0.6) is 5.75 Å². The van der Waals surface area contributed by atoms with Gasteiger partial charge in [-0.15, -0.1) is 0 Å². The van der Waals surface area contributed by atoms with Crippen LogP contribution in [0.25, 0.3) is 10.4 Å². The molecule has 1 aromatic heterocycles. The van der Waals surface area contributed by atoms with E-state index in [0.717, 1.165) is 42.4 Å². The number of carbonyl (C=O) groups excluding carboxylic acids is 1. The van der Waals surface area contributed by atoms with E-state index in [4.69, 9.17) is 4.84 Å². The maximum Gasteiger partial charge on any atom is 0.257 e. The number of oxime groups is 1. The molecule has 7 nitrogen and oxygen atoms in total. The molecule has 2 N–H and O–H groups in total. The lowest BCUT2D eigenvalue weighted by Gasteiger charge is -2.18. The third kappa shape index (κ3) is 4.98. The Balaban J connectivity index is 1.30. The molecule has 170 valence electrons. The van der Waals surface area contributed by atoms with Gasteiger partial charge in [0, 0.05) is 36.1 Å². The Morgan fingerprint density at radius 3 is 2.88 bits per heavy atom. The van der Waals surface area contributed by atoms with Gasteiger partial charge in [-0.1, -0.05) is 28.6 Å². The normalized spacial score (nSPS) is 15.8. The van der Waals surface area contributed by atoms with Crippen LogP contribution in [0, 0.1) is 5.82 Å². The summed E-state index contributed by atoms with van der Waals surface area (Å²) in [6, 6.07) is 10.6. The van der Waals surface area contributed by atoms with Gasteiger partial charge in [0.1, 0.15) is 6.10 Å². The SMILES string of the molecule is O=C(Nc1ncc(-c2cccc(N3CCCC3)c2)s1)c1cc(F)c(O)c(/C=N/OC2CC2)c1. The van der Waals surface area contributed by atoms with Gasteiger partial charge >= 0.3 is 0 Å². The van der Waals surface area contributed by atoms with Crippen molar-refractivity contribution in [3.05, 3.63) is 59.5 Å². The number of thiazole rings is 1. The largest absolute Gasteiger partial charge is 0.504 e. The highest BCUT2D eigenvalue weighted by Crippen LogP contribution is 2.33. The number of benzene rings is 2. The van der Waals surface area contributed by atoms with Crippen molar-refractivity contribution in [2.45, 2.75) is 31.8 Å². The maximum atomic E-state index is 14.2. The third-order valence-electron chi connectivity index (χ3n) is 5.61. The smallest absolute Gasteiger partial charge is 0.257 e. The van der Waals surface area contributed by atoms with E-state index in [0.29, 0.717) is 5.13 Å². The molecule has 0 radical (unpaired) electrons. The van der Waals surface area contributed by atoms with E-state index in [1.807, 2.05) is 12.1 Å². The molecular weight excluding hydrogens is 443 g/mol. The van der Waals surface area contributed by atoms with E-state index < -0.39 is 17.5 Å². The second kappa shape index (κ2) is 9.19. The number of carbonyl (C=O) groups is 1. The molecule has 3 aromatic rings. The Labute approximate surface area is 194 Å². The van der Waals surface area contributed by atoms with Crippen LogP contribution in [0.3, 0.4) is 0 Å². The molecule has 0 spiro atoms. The Hall–Kier alpha value is -3.46. The zero-order chi connectivity index (χ0) is 22.8. The highest BCUT2D eigenvalue weighted by molar-refractivity contribution is 7.19. The quantitative estimate of drug-likeness (QED) is 0.377. The van der Waals surface area contributed by atoms with Crippen LogP contribution in [0.1, 0.15) is 41.6 Å². The fraction of sp³-hybridized carbons (Fsp3) is 0.292. The molecule has 1 saturated heterocycles. The predicted octanol–water partition coefficient (Wildman–Crippen LogP) is 5.02. The van der Waals surface area contributed by atoms with Gasteiger partial charge in [-0.25, -0.2) is 9.37 Å². The number of rotatable bonds is 7. The number of aromatic nitrogens is 1. The molecule has 1 aliphatic heterocycles. The number of nitrogens with one attached hydrogen (secondary N) is 1. The summed E-state index contributed by atoms with van der Waals surface area (Å²) in [5.74, 6) is -2.02. The van der Waals surface area contributed by atoms with Gasteiger partial charge in [0.25, 0.3) is 5.91 Å². The number of hydrogen-bond donors (Lipinski definition) is 2. The lowest BCUT2D eigenvalue weighted by atomic mass is 10.1. The summed E-state index contributed by atoms with van der Waals surface area (Å²) >= 11 is 1.34. The van der Waals surface area contributed by atoms with Crippen LogP contribution in [0.4, 0.5) is 15.2 Å². The molecule has 0 atom stereocenters. The topological polar surface area (TPSA) is 87.1 Å². The summed E-state index contributed by atoms with van der Waals surface area (Å²) in [5, 5.41) is 16.8. The molecule has 1 aliphatic carbocycles. The predicted molar refractivity (Wildman–Crippen MR) is 127 cm³/mol. The molecule has 33 heavy (non-hydrogen) atoms. The van der Waals surface area contributed by atoms with Gasteiger partial charge in [-0.05, 0) is 55.5 Å². The lowest BCUT2D eigenvalue weighted by Crippen LogP contribution is -2.17. The summed E-state index contributed by atoms with van der Waals surface area (Å²) < 4.78 is 14.2. The number of phenols is 1. The Bertz CT molecular complexity index is 1200. The summed E-state index contributed by atoms with van der Waals surface area (Å²) in [6.45, 7) is 2.13. The molecule has 2 aliphatic rings. The number of phenolic OH excluding ortho intramolecular Hbond substituents is 1. The summed E-state index contributed by atoms with van der Waals surface area (Å²) in [7, 11) is 0. The van der Waals surface area contributed by atoms with Crippen molar-refractivity contribution in [2.75, 3.05) is 23.3 Å². The van der Waals surface area contributed by atoms with Crippen LogP contribution in [-0.4, -0.2) is 41.4 Å². The number of hydrogen-bond acceptors (Lipinski definition) is 7. The van der Waals surface area contributed by atoms with E-state index in [2.05, 4.69) is 32.5 Å². The van der Waals surface area contributed by atoms with Crippen molar-refractivity contribution >= 4 is 34.3 Å². The first-order chi connectivity index (χ1) is 16.1. The van der Waals surface area contributed by atoms with Gasteiger partial charge in [0.05, 0.1) is 11.1 Å². The van der Waals surface area contributed by atoms with Gasteiger partial charge < -0.3 is 14.8 Å². The van der Waals surface area contributed by atoms with E-state index in [9.17, 15) is 14.3 Å². The third-order valence-corrected chi connectivity index (χ3v) is 6.57. The minimum Gasteiger partial charge on any atom is -0.504 e. The van der Waals surface area contributed by atoms with E-state index in [1.165, 1.54) is 42.1 Å². The van der Waals surface area contributed by atoms with Gasteiger partial charge in [0.15, 0.2) is 16.7 Å². The molecule has 0 bridgehead atoms. The summed E-state index contributed by atoms with van der Waals surface area (Å²) in [4.78, 5) is 25.5. The van der Waals surface area contributed by atoms with Crippen LogP contribution in [-0.2, 0) is 4.84 Å². The molecule has 1 saturated carbocycles. The standard InChI is InChI=1S/C24H23FN4O3S/c25-20-12-16(10-17(22(20)30)13-27-32-19-6-7-19)23(31)28-24-26-14-21(33-24)15-4-3-5-18(11-15)29-8-1-2-9-29/h3-5,10-14,19,30H,1-2,6-9H2,(H,26,28,31)/b27-13+. The molecule has 9 heteroatoms. The van der Waals surface area contributed by atoms with Crippen LogP contribution >= 0.6 is 11.3 Å². The van der Waals surface area contributed by atoms with E-state index in [-0.39, 0.29) is 17.2 Å². The highest BCUT2D eigenvalue weighted by atomic mass is 32.1. The lowest BCUT2D eigenvalue weighted by molar-refractivity contribution is 0.102. The molecule has 2 fully saturated rings.